The lowest BCUT2D eigenvalue weighted by Crippen LogP contribution is -2.51. The van der Waals surface area contributed by atoms with Gasteiger partial charge in [0.05, 0.1) is 12.8 Å². The largest absolute Gasteiger partial charge is 0.493 e. The van der Waals surface area contributed by atoms with Crippen molar-refractivity contribution in [2.24, 2.45) is 46.3 Å². The number of fused-ring (bicyclic) bond motifs is 5. The van der Waals surface area contributed by atoms with Gasteiger partial charge in [-0.3, -0.25) is 19.1 Å². The van der Waals surface area contributed by atoms with Gasteiger partial charge in [0, 0.05) is 30.8 Å². The van der Waals surface area contributed by atoms with Gasteiger partial charge in [0.25, 0.3) is 5.56 Å². The van der Waals surface area contributed by atoms with E-state index in [4.69, 9.17) is 14.2 Å². The van der Waals surface area contributed by atoms with Crippen molar-refractivity contribution in [3.05, 3.63) is 188 Å². The van der Waals surface area contributed by atoms with E-state index in [9.17, 15) is 14.4 Å². The number of rotatable bonds is 37. The summed E-state index contributed by atoms with van der Waals surface area (Å²) in [5.41, 5.74) is 4.48. The van der Waals surface area contributed by atoms with Crippen molar-refractivity contribution in [1.29, 1.82) is 0 Å². The molecular weight excluding hydrogens is 1190 g/mol. The van der Waals surface area contributed by atoms with Crippen LogP contribution in [0.25, 0.3) is 0 Å². The molecule has 3 saturated carbocycles. The van der Waals surface area contributed by atoms with E-state index >= 15 is 0 Å². The third-order valence-corrected chi connectivity index (χ3v) is 27.6. The zero-order valence-corrected chi connectivity index (χ0v) is 60.2. The highest BCUT2D eigenvalue weighted by Gasteiger charge is 2.59. The van der Waals surface area contributed by atoms with Crippen molar-refractivity contribution >= 4 is 29.1 Å². The standard InChI is InChI=1S/C85H116N3O6P/c1-8-9-10-11-12-13-14-15-16-17-18-19-20-21-22-32-50-92-71-54-68(62-95(74-36-26-23-27-37-74,75-38-28-24-29-39-75)76-40-30-25-31-41-76)55-72(57-71)93-61-67-51-66(58-86-81(89)60-88-59-65(5)82(90)87-83(88)91)52-73(53-67)94-70-46-48-84(6)69(56-70)42-43-77-79-45-44-78(64(4)35-33-34-63(2)3)85(79,7)49-47-80(77)84/h23-31,36-42,51-55,57,59,63-64,70,77-80H,8-22,32-35,43-50,56,58,60-62H2,1-7H3,(H-,86,87,89,90,91)/p+1/t64-,70?,77+,78-,79+,80+,84+,85-/m1/s1. The summed E-state index contributed by atoms with van der Waals surface area (Å²) in [5, 5.41) is 7.03. The van der Waals surface area contributed by atoms with Crippen molar-refractivity contribution in [3.63, 3.8) is 0 Å². The SMILES string of the molecule is CCCCCCCCCCCCCCCCCCOc1cc(C[P+](c2ccccc2)(c2ccccc2)c2ccccc2)cc(OCc2cc(CNC(=O)Cn3cc(C)c(=O)[nH]c3=O)cc(OC3CC[C@@]4(C)C(=CC[C@H]5[C@@H]6CC[C@H]([C@H](C)CCCC(C)C)[C@@]6(C)CC[C@@H]54)C3)c2)c1. The molecule has 0 spiro atoms. The average Bonchev–Trinajstić information content (AvgIpc) is 1.72. The number of aryl methyl sites for hydroxylation is 1. The molecule has 8 atom stereocenters. The molecular formula is C85H117N3O6P+. The zero-order valence-electron chi connectivity index (χ0n) is 59.3. The first-order valence-corrected chi connectivity index (χ1v) is 39.6. The van der Waals surface area contributed by atoms with Gasteiger partial charge >= 0.3 is 5.69 Å². The summed E-state index contributed by atoms with van der Waals surface area (Å²) in [6.45, 7) is 17.4. The van der Waals surface area contributed by atoms with Crippen molar-refractivity contribution in [2.45, 2.75) is 254 Å². The topological polar surface area (TPSA) is 112 Å². The molecule has 4 aliphatic carbocycles. The molecule has 5 aromatic carbocycles. The number of benzene rings is 5. The van der Waals surface area contributed by atoms with Crippen LogP contribution in [0.5, 0.6) is 17.2 Å². The average molecular weight is 1310 g/mol. The summed E-state index contributed by atoms with van der Waals surface area (Å²) in [4.78, 5) is 40.9. The summed E-state index contributed by atoms with van der Waals surface area (Å²) in [7, 11) is -2.27. The van der Waals surface area contributed by atoms with Gasteiger partial charge < -0.3 is 19.5 Å². The smallest absolute Gasteiger partial charge is 0.328 e. The number of carbonyl (C=O) groups is 1. The Morgan fingerprint density at radius 3 is 1.82 bits per heavy atom. The van der Waals surface area contributed by atoms with Crippen LogP contribution in [0.1, 0.15) is 237 Å². The molecule has 95 heavy (non-hydrogen) atoms. The lowest BCUT2D eigenvalue weighted by molar-refractivity contribution is -0.121. The van der Waals surface area contributed by atoms with Crippen LogP contribution in [-0.2, 0) is 30.7 Å². The Labute approximate surface area is 572 Å². The number of unbranched alkanes of at least 4 members (excludes halogenated alkanes) is 15. The van der Waals surface area contributed by atoms with E-state index in [-0.39, 0.29) is 37.1 Å². The van der Waals surface area contributed by atoms with E-state index in [1.807, 2.05) is 0 Å². The highest BCUT2D eigenvalue weighted by atomic mass is 31.2. The first-order chi connectivity index (χ1) is 46.1. The van der Waals surface area contributed by atoms with Crippen LogP contribution < -0.4 is 46.7 Å². The molecule has 1 unspecified atom stereocenters. The number of nitrogens with one attached hydrogen (secondary N) is 2. The van der Waals surface area contributed by atoms with Crippen LogP contribution in [0.3, 0.4) is 0 Å². The molecule has 2 N–H and O–H groups in total. The molecule has 0 aliphatic heterocycles. The Morgan fingerprint density at radius 2 is 1.21 bits per heavy atom. The van der Waals surface area contributed by atoms with E-state index in [1.165, 1.54) is 168 Å². The van der Waals surface area contributed by atoms with E-state index in [0.29, 0.717) is 17.6 Å². The number of aromatic amines is 1. The molecule has 512 valence electrons. The zero-order chi connectivity index (χ0) is 66.6. The first-order valence-electron chi connectivity index (χ1n) is 37.7. The lowest BCUT2D eigenvalue weighted by Gasteiger charge is -2.58. The highest BCUT2D eigenvalue weighted by Crippen LogP contribution is 2.67. The molecule has 10 heteroatoms. The number of amides is 1. The van der Waals surface area contributed by atoms with E-state index in [2.05, 4.69) is 185 Å². The van der Waals surface area contributed by atoms with Gasteiger partial charge in [0.1, 0.15) is 59.7 Å². The molecule has 0 bridgehead atoms. The summed E-state index contributed by atoms with van der Waals surface area (Å²) in [6, 6.07) is 46.1. The molecule has 3 fully saturated rings. The number of allylic oxidation sites excluding steroid dienone is 1. The van der Waals surface area contributed by atoms with E-state index in [1.54, 1.807) is 12.5 Å². The van der Waals surface area contributed by atoms with Crippen molar-refractivity contribution in [3.8, 4) is 17.2 Å². The highest BCUT2D eigenvalue weighted by molar-refractivity contribution is 7.95. The minimum atomic E-state index is -2.27. The summed E-state index contributed by atoms with van der Waals surface area (Å²) in [5.74, 6) is 6.71. The molecule has 9 nitrogen and oxygen atoms in total. The van der Waals surface area contributed by atoms with Gasteiger partial charge in [-0.25, -0.2) is 4.79 Å². The maximum absolute atomic E-state index is 13.6. The molecule has 1 amide bonds. The number of H-pyrrole nitrogens is 1. The number of aromatic nitrogens is 2. The number of hydrogen-bond donors (Lipinski definition) is 2. The Hall–Kier alpha value is -6.18. The molecule has 10 rings (SSSR count). The van der Waals surface area contributed by atoms with Gasteiger partial charge in [0.15, 0.2) is 0 Å². The Kier molecular flexibility index (Phi) is 26.3. The second kappa shape index (κ2) is 34.9. The fraction of sp³-hybridized carbons (Fsp3) is 0.565. The molecule has 4 aliphatic rings. The Bertz CT molecular complexity index is 3410. The summed E-state index contributed by atoms with van der Waals surface area (Å²) in [6.07, 6.45) is 39.9. The van der Waals surface area contributed by atoms with Gasteiger partial charge in [-0.15, -0.1) is 0 Å². The number of carbonyl (C=O) groups excluding carboxylic acids is 1. The maximum Gasteiger partial charge on any atom is 0.328 e. The third kappa shape index (κ3) is 18.7. The number of ether oxygens (including phenoxy) is 3. The van der Waals surface area contributed by atoms with Crippen LogP contribution in [0, 0.1) is 53.3 Å². The molecule has 1 heterocycles. The summed E-state index contributed by atoms with van der Waals surface area (Å²) >= 11 is 0. The van der Waals surface area contributed by atoms with Crippen LogP contribution in [0.15, 0.2) is 155 Å². The molecule has 0 saturated heterocycles. The Balaban J connectivity index is 0.862. The van der Waals surface area contributed by atoms with Crippen LogP contribution in [-0.4, -0.2) is 28.2 Å². The lowest BCUT2D eigenvalue weighted by atomic mass is 9.47. The predicted octanol–water partition coefficient (Wildman–Crippen LogP) is 19.7. The van der Waals surface area contributed by atoms with Crippen LogP contribution in [0.4, 0.5) is 0 Å². The van der Waals surface area contributed by atoms with Crippen LogP contribution >= 0.6 is 7.26 Å². The van der Waals surface area contributed by atoms with Gasteiger partial charge in [-0.1, -0.05) is 229 Å². The molecule has 1 aromatic heterocycles. The monoisotopic (exact) mass is 1310 g/mol. The summed E-state index contributed by atoms with van der Waals surface area (Å²) < 4.78 is 22.2. The quantitative estimate of drug-likeness (QED) is 0.0228. The fourth-order valence-corrected chi connectivity index (χ4v) is 22.2. The minimum Gasteiger partial charge on any atom is -0.493 e. The second-order valence-electron chi connectivity index (χ2n) is 30.5. The van der Waals surface area contributed by atoms with E-state index < -0.39 is 18.5 Å². The van der Waals surface area contributed by atoms with Gasteiger partial charge in [-0.05, 0) is 182 Å². The second-order valence-corrected chi connectivity index (χ2v) is 33.9. The first kappa shape index (κ1) is 71.6. The van der Waals surface area contributed by atoms with Gasteiger partial charge in [-0.2, -0.15) is 0 Å². The number of hydrogen-bond acceptors (Lipinski definition) is 6. The normalized spacial score (nSPS) is 21.9. The molecule has 6 aromatic rings. The molecule has 0 radical (unpaired) electrons. The van der Waals surface area contributed by atoms with Crippen molar-refractivity contribution < 1.29 is 19.0 Å². The Morgan fingerprint density at radius 1 is 0.632 bits per heavy atom. The minimum absolute atomic E-state index is 0.0180. The predicted molar refractivity (Wildman–Crippen MR) is 396 cm³/mol. The van der Waals surface area contributed by atoms with Crippen LogP contribution in [0.2, 0.25) is 0 Å². The van der Waals surface area contributed by atoms with Gasteiger partial charge in [0.2, 0.25) is 5.91 Å². The van der Waals surface area contributed by atoms with Crippen molar-refractivity contribution in [1.82, 2.24) is 14.9 Å². The van der Waals surface area contributed by atoms with Crippen molar-refractivity contribution in [2.75, 3.05) is 6.61 Å². The maximum atomic E-state index is 13.6. The third-order valence-electron chi connectivity index (χ3n) is 23.2. The number of nitrogens with zero attached hydrogens (tertiary/aromatic N) is 1. The van der Waals surface area contributed by atoms with E-state index in [0.717, 1.165) is 108 Å². The fourth-order valence-electron chi connectivity index (χ4n) is 18.0.